The molecule has 0 bridgehead atoms. The number of nitrogens with zero attached hydrogens (tertiary/aromatic N) is 1. The van der Waals surface area contributed by atoms with E-state index in [9.17, 15) is 18.0 Å². The molecule has 9 nitrogen and oxygen atoms in total. The lowest BCUT2D eigenvalue weighted by atomic mass is 10.0. The van der Waals surface area contributed by atoms with Crippen LogP contribution in [-0.4, -0.2) is 54.2 Å². The van der Waals surface area contributed by atoms with Gasteiger partial charge in [-0.25, -0.2) is 13.4 Å². The third-order valence-electron chi connectivity index (χ3n) is 7.86. The van der Waals surface area contributed by atoms with Gasteiger partial charge in [-0.15, -0.1) is 0 Å². The number of Topliss-reactive ketones (excluding diaryl/α,β-unsaturated/α-hetero) is 1. The van der Waals surface area contributed by atoms with Crippen molar-refractivity contribution in [3.8, 4) is 17.0 Å². The maximum Gasteiger partial charge on any atom is 0.225 e. The van der Waals surface area contributed by atoms with Crippen molar-refractivity contribution >= 4 is 43.2 Å². The average Bonchev–Trinajstić information content (AvgIpc) is 3.60. The number of aryl methyl sites for hydroxylation is 1. The molecule has 0 fully saturated rings. The maximum absolute atomic E-state index is 13.5. The lowest BCUT2D eigenvalue weighted by Crippen LogP contribution is -2.30. The highest BCUT2D eigenvalue weighted by atomic mass is 32.2. The Morgan fingerprint density at radius 2 is 1.77 bits per heavy atom. The SMILES string of the molecule is COc1ccc2[nH]c(C)c(CC(=O)NC(CCCCCC(=O)CS(C)(=O)=O)c3ncc(-c4ccc5ccccc5c4)[nH]3)c2c1. The minimum atomic E-state index is -3.32. The van der Waals surface area contributed by atoms with E-state index in [2.05, 4.69) is 50.6 Å². The van der Waals surface area contributed by atoms with Crippen molar-refractivity contribution in [2.24, 2.45) is 0 Å². The number of amides is 1. The van der Waals surface area contributed by atoms with Crippen molar-refractivity contribution in [3.05, 3.63) is 83.9 Å². The Labute approximate surface area is 257 Å². The van der Waals surface area contributed by atoms with Crippen molar-refractivity contribution in [1.82, 2.24) is 20.3 Å². The summed E-state index contributed by atoms with van der Waals surface area (Å²) in [6, 6.07) is 19.8. The first-order valence-corrected chi connectivity index (χ1v) is 16.8. The largest absolute Gasteiger partial charge is 0.497 e. The topological polar surface area (TPSA) is 134 Å². The number of carbonyl (C=O) groups excluding carboxylic acids is 2. The lowest BCUT2D eigenvalue weighted by molar-refractivity contribution is -0.121. The molecule has 0 saturated heterocycles. The third-order valence-corrected chi connectivity index (χ3v) is 8.70. The molecule has 5 aromatic rings. The molecule has 0 spiro atoms. The fraction of sp³-hybridized carbons (Fsp3) is 0.324. The number of imidazole rings is 1. The number of carbonyl (C=O) groups is 2. The van der Waals surface area contributed by atoms with E-state index >= 15 is 0 Å². The Balaban J connectivity index is 1.31. The Bertz CT molecular complexity index is 1910. The highest BCUT2D eigenvalue weighted by Crippen LogP contribution is 2.28. The molecule has 0 aliphatic rings. The molecule has 5 rings (SSSR count). The quantitative estimate of drug-likeness (QED) is 0.132. The standard InChI is InChI=1S/C34H38N4O5S/c1-22-28(29-18-27(43-2)15-16-30(29)36-22)19-33(40)37-31(12-6-4-5-11-26(39)21-44(3,41)42)34-35-20-32(38-34)25-14-13-23-9-7-8-10-24(23)17-25/h7-10,13-18,20,31,36H,4-6,11-12,19,21H2,1-3H3,(H,35,38)(H,37,40). The van der Waals surface area contributed by atoms with Crippen LogP contribution in [0.2, 0.25) is 0 Å². The zero-order chi connectivity index (χ0) is 31.3. The summed E-state index contributed by atoms with van der Waals surface area (Å²) in [5.74, 6) is 0.562. The van der Waals surface area contributed by atoms with Crippen molar-refractivity contribution < 1.29 is 22.7 Å². The van der Waals surface area contributed by atoms with Crippen LogP contribution in [0.25, 0.3) is 32.9 Å². The van der Waals surface area contributed by atoms with Crippen LogP contribution in [-0.2, 0) is 25.8 Å². The number of nitrogens with one attached hydrogen (secondary N) is 3. The third kappa shape index (κ3) is 7.74. The van der Waals surface area contributed by atoms with Crippen LogP contribution in [0.3, 0.4) is 0 Å². The molecular weight excluding hydrogens is 576 g/mol. The van der Waals surface area contributed by atoms with E-state index in [1.54, 1.807) is 13.3 Å². The van der Waals surface area contributed by atoms with Gasteiger partial charge < -0.3 is 20.0 Å². The molecule has 1 unspecified atom stereocenters. The summed E-state index contributed by atoms with van der Waals surface area (Å²) < 4.78 is 28.2. The second kappa shape index (κ2) is 13.5. The monoisotopic (exact) mass is 614 g/mol. The number of hydrogen-bond donors (Lipinski definition) is 3. The Morgan fingerprint density at radius 3 is 2.55 bits per heavy atom. The molecule has 0 saturated carbocycles. The average molecular weight is 615 g/mol. The van der Waals surface area contributed by atoms with Crippen molar-refractivity contribution in [1.29, 1.82) is 0 Å². The van der Waals surface area contributed by atoms with Crippen molar-refractivity contribution in [3.63, 3.8) is 0 Å². The van der Waals surface area contributed by atoms with Crippen LogP contribution in [0, 0.1) is 6.92 Å². The molecular formula is C34H38N4O5S. The Morgan fingerprint density at radius 1 is 0.977 bits per heavy atom. The number of fused-ring (bicyclic) bond motifs is 2. The molecule has 230 valence electrons. The van der Waals surface area contributed by atoms with Crippen LogP contribution in [0.1, 0.15) is 55.2 Å². The number of methoxy groups -OCH3 is 1. The number of H-pyrrole nitrogens is 2. The molecule has 44 heavy (non-hydrogen) atoms. The fourth-order valence-corrected chi connectivity index (χ4v) is 6.36. The molecule has 10 heteroatoms. The van der Waals surface area contributed by atoms with Gasteiger partial charge in [-0.3, -0.25) is 9.59 Å². The van der Waals surface area contributed by atoms with Gasteiger partial charge in [-0.1, -0.05) is 49.2 Å². The van der Waals surface area contributed by atoms with E-state index in [0.717, 1.165) is 69.0 Å². The number of aromatic nitrogens is 3. The van der Waals surface area contributed by atoms with E-state index in [1.807, 2.05) is 37.3 Å². The summed E-state index contributed by atoms with van der Waals surface area (Å²) in [5, 5.41) is 6.42. The van der Waals surface area contributed by atoms with Crippen LogP contribution >= 0.6 is 0 Å². The fourth-order valence-electron chi connectivity index (χ4n) is 5.63. The maximum atomic E-state index is 13.5. The molecule has 0 radical (unpaired) electrons. The number of ether oxygens (including phenoxy) is 1. The zero-order valence-corrected chi connectivity index (χ0v) is 26.1. The van der Waals surface area contributed by atoms with Crippen LogP contribution in [0.5, 0.6) is 5.75 Å². The number of ketones is 1. The van der Waals surface area contributed by atoms with Gasteiger partial charge in [0.15, 0.2) is 9.84 Å². The summed E-state index contributed by atoms with van der Waals surface area (Å²) in [6.07, 6.45) is 5.92. The zero-order valence-electron chi connectivity index (χ0n) is 25.3. The first kappa shape index (κ1) is 31.0. The lowest BCUT2D eigenvalue weighted by Gasteiger charge is -2.17. The number of sulfone groups is 1. The van der Waals surface area contributed by atoms with Crippen molar-refractivity contribution in [2.75, 3.05) is 19.1 Å². The summed E-state index contributed by atoms with van der Waals surface area (Å²) >= 11 is 0. The van der Waals surface area contributed by atoms with E-state index in [1.165, 1.54) is 0 Å². The van der Waals surface area contributed by atoms with E-state index < -0.39 is 15.6 Å². The molecule has 3 N–H and O–H groups in total. The second-order valence-corrected chi connectivity index (χ2v) is 13.5. The van der Waals surface area contributed by atoms with Gasteiger partial charge in [-0.05, 0) is 60.4 Å². The number of unbranched alkanes of at least 4 members (excludes halogenated alkanes) is 2. The Kier molecular flexibility index (Phi) is 9.49. The van der Waals surface area contributed by atoms with E-state index in [-0.39, 0.29) is 30.6 Å². The van der Waals surface area contributed by atoms with E-state index in [4.69, 9.17) is 4.74 Å². The summed E-state index contributed by atoms with van der Waals surface area (Å²) in [4.78, 5) is 36.9. The van der Waals surface area contributed by atoms with Gasteiger partial charge in [0.25, 0.3) is 0 Å². The molecule has 1 amide bonds. The number of benzene rings is 3. The summed E-state index contributed by atoms with van der Waals surface area (Å²) in [5.41, 5.74) is 4.64. The summed E-state index contributed by atoms with van der Waals surface area (Å²) in [6.45, 7) is 1.96. The molecule has 2 heterocycles. The van der Waals surface area contributed by atoms with Crippen LogP contribution in [0.15, 0.2) is 66.9 Å². The first-order valence-electron chi connectivity index (χ1n) is 14.8. The van der Waals surface area contributed by atoms with Gasteiger partial charge in [-0.2, -0.15) is 0 Å². The number of rotatable bonds is 14. The van der Waals surface area contributed by atoms with Crippen LogP contribution < -0.4 is 10.1 Å². The molecule has 3 aromatic carbocycles. The van der Waals surface area contributed by atoms with E-state index in [0.29, 0.717) is 18.7 Å². The molecule has 1 atom stereocenters. The first-order chi connectivity index (χ1) is 21.1. The number of aromatic amines is 2. The molecule has 0 aliphatic heterocycles. The minimum absolute atomic E-state index is 0.131. The highest BCUT2D eigenvalue weighted by molar-refractivity contribution is 7.91. The Hall–Kier alpha value is -4.44. The normalized spacial score (nSPS) is 12.4. The van der Waals surface area contributed by atoms with Gasteiger partial charge in [0.1, 0.15) is 23.1 Å². The predicted octanol–water partition coefficient (Wildman–Crippen LogP) is 5.99. The minimum Gasteiger partial charge on any atom is -0.497 e. The smallest absolute Gasteiger partial charge is 0.225 e. The van der Waals surface area contributed by atoms with Gasteiger partial charge in [0, 0.05) is 34.8 Å². The molecule has 2 aromatic heterocycles. The van der Waals surface area contributed by atoms with Crippen LogP contribution in [0.4, 0.5) is 0 Å². The van der Waals surface area contributed by atoms with Gasteiger partial charge in [0.05, 0.1) is 31.5 Å². The van der Waals surface area contributed by atoms with Gasteiger partial charge in [0.2, 0.25) is 5.91 Å². The van der Waals surface area contributed by atoms with Crippen molar-refractivity contribution in [2.45, 2.75) is 51.5 Å². The summed E-state index contributed by atoms with van der Waals surface area (Å²) in [7, 11) is -1.70. The van der Waals surface area contributed by atoms with Gasteiger partial charge >= 0.3 is 0 Å². The second-order valence-electron chi connectivity index (χ2n) is 11.4. The highest BCUT2D eigenvalue weighted by Gasteiger charge is 2.21. The molecule has 0 aliphatic carbocycles. The number of hydrogen-bond acceptors (Lipinski definition) is 6. The predicted molar refractivity (Wildman–Crippen MR) is 174 cm³/mol.